The molecular formula is C13H23NO4P-. The van der Waals surface area contributed by atoms with Crippen LogP contribution in [0.15, 0.2) is 11.4 Å². The third-order valence-electron chi connectivity index (χ3n) is 3.09. The lowest BCUT2D eigenvalue weighted by Crippen LogP contribution is -2.32. The standard InChI is InChI=1S/C13H24NO4P/c1-3-5-8-18-13(15)14-11-6-7-12(10-11)19(16,17)9-4-2/h10-11H,3-9H2,1-2H3,(H,14,15)(H,16,17)/p-1. The third kappa shape index (κ3) is 5.37. The first kappa shape index (κ1) is 16.3. The maximum Gasteiger partial charge on any atom is 0.407 e. The van der Waals surface area contributed by atoms with Gasteiger partial charge in [0.05, 0.1) is 12.6 Å². The number of amides is 1. The van der Waals surface area contributed by atoms with E-state index in [9.17, 15) is 14.3 Å². The van der Waals surface area contributed by atoms with Gasteiger partial charge in [-0.3, -0.25) is 0 Å². The van der Waals surface area contributed by atoms with Crippen LogP contribution in [0.2, 0.25) is 0 Å². The van der Waals surface area contributed by atoms with Crippen molar-refractivity contribution in [3.63, 3.8) is 0 Å². The highest BCUT2D eigenvalue weighted by molar-refractivity contribution is 7.61. The summed E-state index contributed by atoms with van der Waals surface area (Å²) >= 11 is 0. The normalized spacial score (nSPS) is 21.6. The summed E-state index contributed by atoms with van der Waals surface area (Å²) in [5.41, 5.74) is 0. The molecule has 6 heteroatoms. The minimum Gasteiger partial charge on any atom is -0.796 e. The van der Waals surface area contributed by atoms with Gasteiger partial charge in [-0.25, -0.2) is 4.79 Å². The van der Waals surface area contributed by atoms with Gasteiger partial charge < -0.3 is 19.5 Å². The van der Waals surface area contributed by atoms with Crippen molar-refractivity contribution in [1.29, 1.82) is 0 Å². The van der Waals surface area contributed by atoms with Gasteiger partial charge in [0.2, 0.25) is 0 Å². The fourth-order valence-corrected chi connectivity index (χ4v) is 3.79. The van der Waals surface area contributed by atoms with Crippen LogP contribution in [0.5, 0.6) is 0 Å². The molecule has 2 atom stereocenters. The van der Waals surface area contributed by atoms with Crippen molar-refractivity contribution in [3.8, 4) is 0 Å². The Morgan fingerprint density at radius 2 is 2.26 bits per heavy atom. The van der Waals surface area contributed by atoms with Gasteiger partial charge in [0, 0.05) is 7.37 Å². The number of unbranched alkanes of at least 4 members (excludes halogenated alkanes) is 1. The number of nitrogens with one attached hydrogen (secondary N) is 1. The third-order valence-corrected chi connectivity index (χ3v) is 5.38. The number of hydrogen-bond donors (Lipinski definition) is 1. The molecule has 0 saturated carbocycles. The first-order chi connectivity index (χ1) is 8.99. The molecule has 0 fully saturated rings. The SMILES string of the molecule is CCCCOC(=O)NC1C=C(P(=O)([O-])CCC)CC1. The molecule has 19 heavy (non-hydrogen) atoms. The number of carbonyl (C=O) groups is 1. The van der Waals surface area contributed by atoms with Crippen LogP contribution in [0.1, 0.15) is 46.0 Å². The Labute approximate surface area is 114 Å². The quantitative estimate of drug-likeness (QED) is 0.577. The predicted molar refractivity (Wildman–Crippen MR) is 73.3 cm³/mol. The fraction of sp³-hybridized carbons (Fsp3) is 0.769. The zero-order valence-electron chi connectivity index (χ0n) is 11.7. The molecule has 1 rings (SSSR count). The van der Waals surface area contributed by atoms with E-state index in [0.29, 0.717) is 31.2 Å². The Morgan fingerprint density at radius 1 is 1.53 bits per heavy atom. The largest absolute Gasteiger partial charge is 0.796 e. The van der Waals surface area contributed by atoms with E-state index in [4.69, 9.17) is 4.74 Å². The fourth-order valence-electron chi connectivity index (χ4n) is 2.04. The Balaban J connectivity index is 2.44. The lowest BCUT2D eigenvalue weighted by Gasteiger charge is -2.24. The molecule has 0 aromatic carbocycles. The number of ether oxygens (including phenoxy) is 1. The van der Waals surface area contributed by atoms with Crippen LogP contribution in [0.3, 0.4) is 0 Å². The average Bonchev–Trinajstić information content (AvgIpc) is 2.78. The molecule has 1 amide bonds. The van der Waals surface area contributed by atoms with Crippen molar-refractivity contribution < 1.29 is 19.0 Å². The molecule has 1 N–H and O–H groups in total. The molecule has 1 aliphatic carbocycles. The maximum absolute atomic E-state index is 11.9. The predicted octanol–water partition coefficient (Wildman–Crippen LogP) is 2.61. The molecule has 1 aliphatic rings. The highest BCUT2D eigenvalue weighted by Gasteiger charge is 2.23. The second-order valence-corrected chi connectivity index (χ2v) is 7.20. The van der Waals surface area contributed by atoms with Gasteiger partial charge in [0.25, 0.3) is 0 Å². The van der Waals surface area contributed by atoms with E-state index < -0.39 is 13.5 Å². The van der Waals surface area contributed by atoms with Crippen LogP contribution in [0.4, 0.5) is 4.79 Å². The lowest BCUT2D eigenvalue weighted by atomic mass is 10.3. The van der Waals surface area contributed by atoms with E-state index in [2.05, 4.69) is 5.32 Å². The van der Waals surface area contributed by atoms with Gasteiger partial charge in [-0.2, -0.15) is 0 Å². The summed E-state index contributed by atoms with van der Waals surface area (Å²) in [7, 11) is -3.43. The molecular weight excluding hydrogens is 265 g/mol. The van der Waals surface area contributed by atoms with Gasteiger partial charge in [0.1, 0.15) is 0 Å². The number of allylic oxidation sites excluding steroid dienone is 1. The number of hydrogen-bond acceptors (Lipinski definition) is 4. The zero-order valence-corrected chi connectivity index (χ0v) is 12.6. The Hall–Kier alpha value is -0.800. The first-order valence-electron chi connectivity index (χ1n) is 6.94. The number of alkyl carbamates (subject to hydrolysis) is 1. The molecule has 0 aromatic rings. The van der Waals surface area contributed by atoms with Gasteiger partial charge in [-0.05, 0) is 30.7 Å². The number of rotatable bonds is 7. The van der Waals surface area contributed by atoms with Crippen LogP contribution in [0.25, 0.3) is 0 Å². The highest BCUT2D eigenvalue weighted by Crippen LogP contribution is 2.50. The highest BCUT2D eigenvalue weighted by atomic mass is 31.2. The zero-order chi connectivity index (χ0) is 14.3. The molecule has 110 valence electrons. The van der Waals surface area contributed by atoms with Gasteiger partial charge in [-0.15, -0.1) is 0 Å². The van der Waals surface area contributed by atoms with Crippen molar-refractivity contribution in [2.75, 3.05) is 12.8 Å². The van der Waals surface area contributed by atoms with Crippen molar-refractivity contribution in [2.45, 2.75) is 52.0 Å². The Bertz CT molecular complexity index is 381. The summed E-state index contributed by atoms with van der Waals surface area (Å²) in [6.45, 7) is 4.27. The van der Waals surface area contributed by atoms with E-state index in [-0.39, 0.29) is 12.2 Å². The molecule has 0 radical (unpaired) electrons. The summed E-state index contributed by atoms with van der Waals surface area (Å²) < 4.78 is 16.9. The molecule has 5 nitrogen and oxygen atoms in total. The molecule has 0 aromatic heterocycles. The molecule has 0 aliphatic heterocycles. The summed E-state index contributed by atoms with van der Waals surface area (Å²) in [6, 6.07) is -0.219. The molecule has 0 bridgehead atoms. The van der Waals surface area contributed by atoms with E-state index in [1.54, 1.807) is 6.08 Å². The van der Waals surface area contributed by atoms with Crippen molar-refractivity contribution in [1.82, 2.24) is 5.32 Å². The van der Waals surface area contributed by atoms with Crippen LogP contribution in [-0.2, 0) is 9.30 Å². The summed E-state index contributed by atoms with van der Waals surface area (Å²) in [5, 5.41) is 3.16. The van der Waals surface area contributed by atoms with E-state index in [1.165, 1.54) is 0 Å². The first-order valence-corrected chi connectivity index (χ1v) is 8.75. The van der Waals surface area contributed by atoms with Gasteiger partial charge >= 0.3 is 6.09 Å². The minimum absolute atomic E-state index is 0.201. The monoisotopic (exact) mass is 288 g/mol. The van der Waals surface area contributed by atoms with Crippen molar-refractivity contribution in [2.24, 2.45) is 0 Å². The molecule has 0 spiro atoms. The van der Waals surface area contributed by atoms with E-state index in [1.807, 2.05) is 13.8 Å². The Kier molecular flexibility index (Phi) is 6.59. The van der Waals surface area contributed by atoms with Crippen molar-refractivity contribution >= 4 is 13.5 Å². The Morgan fingerprint density at radius 3 is 2.89 bits per heavy atom. The smallest absolute Gasteiger partial charge is 0.407 e. The van der Waals surface area contributed by atoms with Gasteiger partial charge in [-0.1, -0.05) is 32.8 Å². The number of carbonyl (C=O) groups excluding carboxylic acids is 1. The van der Waals surface area contributed by atoms with Crippen LogP contribution < -0.4 is 10.2 Å². The van der Waals surface area contributed by atoms with Gasteiger partial charge in [0.15, 0.2) is 0 Å². The summed E-state index contributed by atoms with van der Waals surface area (Å²) in [6.07, 6.45) is 4.97. The van der Waals surface area contributed by atoms with E-state index >= 15 is 0 Å². The maximum atomic E-state index is 11.9. The molecule has 2 unspecified atom stereocenters. The average molecular weight is 288 g/mol. The second kappa shape index (κ2) is 7.71. The lowest BCUT2D eigenvalue weighted by molar-refractivity contribution is -0.172. The van der Waals surface area contributed by atoms with Crippen molar-refractivity contribution in [3.05, 3.63) is 11.4 Å². The van der Waals surface area contributed by atoms with Crippen LogP contribution in [-0.4, -0.2) is 24.9 Å². The topological polar surface area (TPSA) is 78.5 Å². The van der Waals surface area contributed by atoms with Crippen LogP contribution >= 0.6 is 7.37 Å². The molecule has 0 saturated heterocycles. The minimum atomic E-state index is -3.43. The second-order valence-electron chi connectivity index (χ2n) is 4.83. The molecule has 0 heterocycles. The van der Waals surface area contributed by atoms with Crippen LogP contribution in [0, 0.1) is 0 Å². The summed E-state index contributed by atoms with van der Waals surface area (Å²) in [5.74, 6) is 0. The summed E-state index contributed by atoms with van der Waals surface area (Å²) in [4.78, 5) is 23.3. The van der Waals surface area contributed by atoms with E-state index in [0.717, 1.165) is 12.8 Å².